The van der Waals surface area contributed by atoms with Crippen molar-refractivity contribution in [3.63, 3.8) is 0 Å². The predicted octanol–water partition coefficient (Wildman–Crippen LogP) is 5.35. The lowest BCUT2D eigenvalue weighted by molar-refractivity contribution is -0.138. The Bertz CT molecular complexity index is 1850. The highest BCUT2D eigenvalue weighted by Gasteiger charge is 2.38. The van der Waals surface area contributed by atoms with Crippen molar-refractivity contribution >= 4 is 50.0 Å². The molecule has 0 unspecified atom stereocenters. The minimum Gasteiger partial charge on any atom is -0.444 e. The molecule has 2 heterocycles. The predicted molar refractivity (Wildman–Crippen MR) is 165 cm³/mol. The Morgan fingerprint density at radius 1 is 1.13 bits per heavy atom. The number of aromatic amines is 1. The summed E-state index contributed by atoms with van der Waals surface area (Å²) < 4.78 is 74.5. The lowest BCUT2D eigenvalue weighted by atomic mass is 10.0. The number of alkyl carbamates (subject to hydrolysis) is 1. The molecule has 10 nitrogen and oxygen atoms in total. The van der Waals surface area contributed by atoms with Gasteiger partial charge < -0.3 is 15.0 Å². The minimum absolute atomic E-state index is 0.0233. The zero-order chi connectivity index (χ0) is 33.5. The van der Waals surface area contributed by atoms with Crippen LogP contribution < -0.4 is 16.6 Å². The zero-order valence-electron chi connectivity index (χ0n) is 25.0. The van der Waals surface area contributed by atoms with E-state index in [1.807, 2.05) is 0 Å². The van der Waals surface area contributed by atoms with E-state index in [-0.39, 0.29) is 51.4 Å². The number of aromatic nitrogens is 2. The number of amides is 1. The number of halogens is 5. The van der Waals surface area contributed by atoms with Crippen molar-refractivity contribution in [1.29, 1.82) is 0 Å². The maximum Gasteiger partial charge on any atom is 0.416 e. The van der Waals surface area contributed by atoms with Gasteiger partial charge in [0.15, 0.2) is 9.84 Å². The second-order valence-electron chi connectivity index (χ2n) is 11.8. The number of H-pyrrole nitrogens is 1. The molecule has 0 aliphatic carbocycles. The third-order valence-electron chi connectivity index (χ3n) is 7.43. The van der Waals surface area contributed by atoms with Gasteiger partial charge in [-0.05, 0) is 75.5 Å². The highest BCUT2D eigenvalue weighted by molar-refractivity contribution is 7.91. The van der Waals surface area contributed by atoms with Gasteiger partial charge in [0, 0.05) is 24.2 Å². The molecule has 16 heteroatoms. The van der Waals surface area contributed by atoms with E-state index < -0.39 is 61.5 Å². The number of likely N-dealkylation sites (tertiary alicyclic amines) is 1. The van der Waals surface area contributed by atoms with Gasteiger partial charge in [-0.2, -0.15) is 13.2 Å². The summed E-state index contributed by atoms with van der Waals surface area (Å²) in [7, 11) is -3.80. The molecule has 1 atom stereocenters. The van der Waals surface area contributed by atoms with Crippen LogP contribution in [0.25, 0.3) is 10.9 Å². The van der Waals surface area contributed by atoms with Crippen LogP contribution >= 0.6 is 23.2 Å². The summed E-state index contributed by atoms with van der Waals surface area (Å²) in [6, 6.07) is 4.20. The Balaban J connectivity index is 1.75. The van der Waals surface area contributed by atoms with Crippen molar-refractivity contribution in [1.82, 2.24) is 19.8 Å². The summed E-state index contributed by atoms with van der Waals surface area (Å²) in [5.41, 5.74) is -4.55. The number of nitrogens with one attached hydrogen (secondary N) is 2. The van der Waals surface area contributed by atoms with Gasteiger partial charge >= 0.3 is 18.0 Å². The molecule has 1 aliphatic rings. The van der Waals surface area contributed by atoms with Gasteiger partial charge in [-0.25, -0.2) is 18.0 Å². The monoisotopic (exact) mass is 692 g/mol. The van der Waals surface area contributed by atoms with Gasteiger partial charge in [-0.3, -0.25) is 14.3 Å². The Labute approximate surface area is 267 Å². The lowest BCUT2D eigenvalue weighted by Gasteiger charge is -2.27. The van der Waals surface area contributed by atoms with Gasteiger partial charge in [0.25, 0.3) is 5.56 Å². The van der Waals surface area contributed by atoms with Crippen LogP contribution in [0.5, 0.6) is 0 Å². The molecule has 1 aliphatic heterocycles. The van der Waals surface area contributed by atoms with Crippen molar-refractivity contribution < 1.29 is 31.1 Å². The number of hydrogen-bond donors (Lipinski definition) is 2. The van der Waals surface area contributed by atoms with Crippen molar-refractivity contribution in [3.05, 3.63) is 71.8 Å². The number of carbonyl (C=O) groups is 1. The molecule has 246 valence electrons. The third-order valence-corrected chi connectivity index (χ3v) is 9.91. The van der Waals surface area contributed by atoms with Crippen LogP contribution in [0.3, 0.4) is 0 Å². The molecule has 2 aromatic carbocycles. The van der Waals surface area contributed by atoms with Gasteiger partial charge in [0.05, 0.1) is 38.7 Å². The Morgan fingerprint density at radius 2 is 1.82 bits per heavy atom. The first-order valence-corrected chi connectivity index (χ1v) is 16.5. The van der Waals surface area contributed by atoms with Crippen molar-refractivity contribution in [2.75, 3.05) is 18.8 Å². The summed E-state index contributed by atoms with van der Waals surface area (Å²) in [5, 5.41) is 1.85. The van der Waals surface area contributed by atoms with Crippen molar-refractivity contribution in [3.8, 4) is 0 Å². The molecule has 1 saturated heterocycles. The molecule has 0 bridgehead atoms. The number of carbonyl (C=O) groups excluding carboxylic acids is 1. The fourth-order valence-corrected chi connectivity index (χ4v) is 6.91. The number of fused-ring (bicyclic) bond motifs is 1. The second kappa shape index (κ2) is 13.0. The standard InChI is InChI=1S/C29H33Cl2F3N4O6S/c1-5-45(42,43)22-9-8-17(30)11-16(22)14-38-25(39)19-12-21(29(32,33)34)20(23(31)24(19)36-26(38)40)15-37-10-6-7-18(37)13-35-27(41)44-28(2,3)4/h8-9,11-12,18H,5-7,10,13-15H2,1-4H3,(H,35,41)(H,36,40)/t18-/m0/s1. The molecular formula is C29H33Cl2F3N4O6S. The van der Waals surface area contributed by atoms with Gasteiger partial charge in [-0.1, -0.05) is 30.1 Å². The number of hydrogen-bond acceptors (Lipinski definition) is 7. The SMILES string of the molecule is CCS(=O)(=O)c1ccc(Cl)cc1Cn1c(=O)[nH]c2c(Cl)c(CN3CCC[C@H]3CNC(=O)OC(C)(C)C)c(C(F)(F)F)cc2c1=O. The van der Waals surface area contributed by atoms with Crippen LogP contribution in [-0.2, 0) is 33.8 Å². The van der Waals surface area contributed by atoms with E-state index >= 15 is 0 Å². The van der Waals surface area contributed by atoms with E-state index in [4.69, 9.17) is 27.9 Å². The molecule has 0 saturated carbocycles. The maximum atomic E-state index is 14.5. The molecule has 1 aromatic heterocycles. The molecule has 1 fully saturated rings. The highest BCUT2D eigenvalue weighted by Crippen LogP contribution is 2.39. The molecular weight excluding hydrogens is 660 g/mol. The Hall–Kier alpha value is -3.07. The summed E-state index contributed by atoms with van der Waals surface area (Å²) in [6.45, 7) is 6.26. The smallest absolute Gasteiger partial charge is 0.416 e. The molecule has 1 amide bonds. The number of nitrogens with zero attached hydrogens (tertiary/aromatic N) is 2. The molecule has 3 aromatic rings. The lowest BCUT2D eigenvalue weighted by Crippen LogP contribution is -2.42. The first-order chi connectivity index (χ1) is 20.8. The van der Waals surface area contributed by atoms with Crippen LogP contribution in [0, 0.1) is 0 Å². The van der Waals surface area contributed by atoms with Gasteiger partial charge in [-0.15, -0.1) is 0 Å². The van der Waals surface area contributed by atoms with Crippen LogP contribution in [-0.4, -0.2) is 59.4 Å². The topological polar surface area (TPSA) is 131 Å². The number of rotatable bonds is 8. The van der Waals surface area contributed by atoms with E-state index in [0.29, 0.717) is 30.0 Å². The average Bonchev–Trinajstić information content (AvgIpc) is 3.37. The van der Waals surface area contributed by atoms with E-state index in [0.717, 1.165) is 0 Å². The molecule has 2 N–H and O–H groups in total. The van der Waals surface area contributed by atoms with Gasteiger partial charge in [0.1, 0.15) is 5.60 Å². The van der Waals surface area contributed by atoms with E-state index in [1.165, 1.54) is 25.1 Å². The average molecular weight is 694 g/mol. The molecule has 0 radical (unpaired) electrons. The zero-order valence-corrected chi connectivity index (χ0v) is 27.3. The number of ether oxygens (including phenoxy) is 1. The quantitative estimate of drug-likeness (QED) is 0.326. The first-order valence-electron chi connectivity index (χ1n) is 14.1. The van der Waals surface area contributed by atoms with Crippen LogP contribution in [0.2, 0.25) is 10.0 Å². The molecule has 0 spiro atoms. The fraction of sp³-hybridized carbons (Fsp3) is 0.483. The largest absolute Gasteiger partial charge is 0.444 e. The molecule has 45 heavy (non-hydrogen) atoms. The Kier molecular flexibility index (Phi) is 10.0. The third kappa shape index (κ3) is 7.84. The maximum absolute atomic E-state index is 14.5. The minimum atomic E-state index is -4.92. The van der Waals surface area contributed by atoms with Crippen LogP contribution in [0.4, 0.5) is 18.0 Å². The Morgan fingerprint density at radius 3 is 2.44 bits per heavy atom. The van der Waals surface area contributed by atoms with Crippen LogP contribution in [0.15, 0.2) is 38.8 Å². The van der Waals surface area contributed by atoms with E-state index in [1.54, 1.807) is 25.7 Å². The van der Waals surface area contributed by atoms with Crippen LogP contribution in [0.1, 0.15) is 57.2 Å². The fourth-order valence-electron chi connectivity index (χ4n) is 5.30. The number of benzene rings is 2. The number of alkyl halides is 3. The summed E-state index contributed by atoms with van der Waals surface area (Å²) in [4.78, 5) is 42.8. The highest BCUT2D eigenvalue weighted by atomic mass is 35.5. The van der Waals surface area contributed by atoms with Crippen molar-refractivity contribution in [2.45, 2.75) is 76.3 Å². The first kappa shape index (κ1) is 34.8. The molecule has 4 rings (SSSR count). The van der Waals surface area contributed by atoms with E-state index in [9.17, 15) is 36.0 Å². The van der Waals surface area contributed by atoms with Gasteiger partial charge in [0.2, 0.25) is 0 Å². The summed E-state index contributed by atoms with van der Waals surface area (Å²) in [6.07, 6.45) is -4.31. The van der Waals surface area contributed by atoms with E-state index in [2.05, 4.69) is 10.3 Å². The second-order valence-corrected chi connectivity index (χ2v) is 14.8. The summed E-state index contributed by atoms with van der Waals surface area (Å²) >= 11 is 12.6. The normalized spacial score (nSPS) is 16.3. The number of sulfone groups is 1. The summed E-state index contributed by atoms with van der Waals surface area (Å²) in [5.74, 6) is -0.271. The van der Waals surface area contributed by atoms with Crippen molar-refractivity contribution in [2.24, 2.45) is 0 Å².